The van der Waals surface area contributed by atoms with Crippen LogP contribution in [-0.4, -0.2) is 25.7 Å². The average Bonchev–Trinajstić information content (AvgIpc) is 2.39. The normalized spacial score (nSPS) is 29.1. The first kappa shape index (κ1) is 12.5. The lowest BCUT2D eigenvalue weighted by Crippen LogP contribution is -2.33. The molecule has 1 rings (SSSR count). The van der Waals surface area contributed by atoms with Gasteiger partial charge in [0.25, 0.3) is 0 Å². The molecule has 1 saturated carbocycles. The standard InChI is InChI=1S/C12H23NO2/c1-9-7-12(2,3)8-10(9)13-6-5-11(14)15-4/h9-10,13H,5-8H2,1-4H3. The molecule has 15 heavy (non-hydrogen) atoms. The molecule has 1 N–H and O–H groups in total. The van der Waals surface area contributed by atoms with Gasteiger partial charge in [0.15, 0.2) is 0 Å². The molecule has 1 aliphatic carbocycles. The highest BCUT2D eigenvalue weighted by atomic mass is 16.5. The Labute approximate surface area is 92.6 Å². The number of carbonyl (C=O) groups is 1. The van der Waals surface area contributed by atoms with Crippen molar-refractivity contribution >= 4 is 5.97 Å². The highest BCUT2D eigenvalue weighted by molar-refractivity contribution is 5.69. The first-order chi connectivity index (χ1) is 6.94. The van der Waals surface area contributed by atoms with Gasteiger partial charge in [-0.3, -0.25) is 4.79 Å². The van der Waals surface area contributed by atoms with Gasteiger partial charge in [-0.1, -0.05) is 20.8 Å². The summed E-state index contributed by atoms with van der Waals surface area (Å²) in [5.74, 6) is 0.574. The van der Waals surface area contributed by atoms with Gasteiger partial charge < -0.3 is 10.1 Å². The fourth-order valence-electron chi connectivity index (χ4n) is 2.63. The number of rotatable bonds is 4. The zero-order valence-corrected chi connectivity index (χ0v) is 10.3. The molecule has 1 aliphatic rings. The molecule has 0 aliphatic heterocycles. The third-order valence-electron chi connectivity index (χ3n) is 3.30. The molecular formula is C12H23NO2. The van der Waals surface area contributed by atoms with Crippen LogP contribution in [0.2, 0.25) is 0 Å². The second-order valence-corrected chi connectivity index (χ2v) is 5.44. The Kier molecular flexibility index (Phi) is 4.14. The van der Waals surface area contributed by atoms with Crippen molar-refractivity contribution in [1.29, 1.82) is 0 Å². The largest absolute Gasteiger partial charge is 0.469 e. The predicted octanol–water partition coefficient (Wildman–Crippen LogP) is 1.96. The van der Waals surface area contributed by atoms with E-state index in [1.54, 1.807) is 0 Å². The van der Waals surface area contributed by atoms with Crippen LogP contribution in [0.15, 0.2) is 0 Å². The van der Waals surface area contributed by atoms with Gasteiger partial charge in [-0.25, -0.2) is 0 Å². The maximum atomic E-state index is 10.9. The van der Waals surface area contributed by atoms with Gasteiger partial charge in [-0.05, 0) is 24.2 Å². The zero-order valence-electron chi connectivity index (χ0n) is 10.3. The highest BCUT2D eigenvalue weighted by Gasteiger charge is 2.36. The Balaban J connectivity index is 2.25. The summed E-state index contributed by atoms with van der Waals surface area (Å²) in [6.45, 7) is 7.64. The van der Waals surface area contributed by atoms with Crippen LogP contribution in [0.1, 0.15) is 40.0 Å². The SMILES string of the molecule is COC(=O)CCNC1CC(C)(C)CC1C. The topological polar surface area (TPSA) is 38.3 Å². The van der Waals surface area contributed by atoms with Gasteiger partial charge in [-0.15, -0.1) is 0 Å². The smallest absolute Gasteiger partial charge is 0.306 e. The molecule has 0 spiro atoms. The van der Waals surface area contributed by atoms with E-state index in [9.17, 15) is 4.79 Å². The quantitative estimate of drug-likeness (QED) is 0.726. The second-order valence-electron chi connectivity index (χ2n) is 5.44. The van der Waals surface area contributed by atoms with Crippen molar-refractivity contribution in [3.63, 3.8) is 0 Å². The van der Waals surface area contributed by atoms with E-state index in [-0.39, 0.29) is 5.97 Å². The lowest BCUT2D eigenvalue weighted by Gasteiger charge is -2.18. The first-order valence-corrected chi connectivity index (χ1v) is 5.75. The van der Waals surface area contributed by atoms with E-state index in [1.807, 2.05) is 0 Å². The Morgan fingerprint density at radius 1 is 1.47 bits per heavy atom. The molecule has 2 atom stereocenters. The molecule has 0 heterocycles. The van der Waals surface area contributed by atoms with Crippen LogP contribution in [0.3, 0.4) is 0 Å². The van der Waals surface area contributed by atoms with E-state index >= 15 is 0 Å². The van der Waals surface area contributed by atoms with Crippen molar-refractivity contribution in [2.75, 3.05) is 13.7 Å². The first-order valence-electron chi connectivity index (χ1n) is 5.75. The van der Waals surface area contributed by atoms with E-state index in [4.69, 9.17) is 0 Å². The van der Waals surface area contributed by atoms with Gasteiger partial charge in [0.2, 0.25) is 0 Å². The summed E-state index contributed by atoms with van der Waals surface area (Å²) in [7, 11) is 1.43. The van der Waals surface area contributed by atoms with Crippen molar-refractivity contribution < 1.29 is 9.53 Å². The molecule has 0 aromatic rings. The summed E-state index contributed by atoms with van der Waals surface area (Å²) >= 11 is 0. The Bertz CT molecular complexity index is 226. The fourth-order valence-corrected chi connectivity index (χ4v) is 2.63. The molecule has 0 saturated heterocycles. The number of carbonyl (C=O) groups excluding carboxylic acids is 1. The van der Waals surface area contributed by atoms with Crippen LogP contribution in [0.4, 0.5) is 0 Å². The molecule has 88 valence electrons. The summed E-state index contributed by atoms with van der Waals surface area (Å²) in [4.78, 5) is 10.9. The fraction of sp³-hybridized carbons (Fsp3) is 0.917. The molecular weight excluding hydrogens is 190 g/mol. The molecule has 0 aromatic carbocycles. The van der Waals surface area contributed by atoms with Crippen LogP contribution < -0.4 is 5.32 Å². The van der Waals surface area contributed by atoms with E-state index in [0.717, 1.165) is 6.54 Å². The molecule has 1 fully saturated rings. The van der Waals surface area contributed by atoms with E-state index < -0.39 is 0 Å². The highest BCUT2D eigenvalue weighted by Crippen LogP contribution is 2.40. The van der Waals surface area contributed by atoms with Crippen LogP contribution in [0.25, 0.3) is 0 Å². The molecule has 0 aromatic heterocycles. The summed E-state index contributed by atoms with van der Waals surface area (Å²) in [6, 6.07) is 0.560. The molecule has 3 nitrogen and oxygen atoms in total. The van der Waals surface area contributed by atoms with Crippen molar-refractivity contribution in [2.24, 2.45) is 11.3 Å². The van der Waals surface area contributed by atoms with Gasteiger partial charge in [-0.2, -0.15) is 0 Å². The molecule has 2 unspecified atom stereocenters. The van der Waals surface area contributed by atoms with Crippen molar-refractivity contribution in [1.82, 2.24) is 5.32 Å². The minimum absolute atomic E-state index is 0.132. The predicted molar refractivity (Wildman–Crippen MR) is 60.6 cm³/mol. The van der Waals surface area contributed by atoms with E-state index in [2.05, 4.69) is 30.8 Å². The summed E-state index contributed by atoms with van der Waals surface area (Å²) < 4.78 is 4.60. The van der Waals surface area contributed by atoms with Crippen LogP contribution in [-0.2, 0) is 9.53 Å². The van der Waals surface area contributed by atoms with Crippen LogP contribution in [0.5, 0.6) is 0 Å². The lowest BCUT2D eigenvalue weighted by atomic mass is 9.91. The van der Waals surface area contributed by atoms with Crippen LogP contribution >= 0.6 is 0 Å². The van der Waals surface area contributed by atoms with E-state index in [0.29, 0.717) is 23.8 Å². The molecule has 0 amide bonds. The number of hydrogen-bond acceptors (Lipinski definition) is 3. The molecule has 0 radical (unpaired) electrons. The maximum absolute atomic E-state index is 10.9. The van der Waals surface area contributed by atoms with Gasteiger partial charge >= 0.3 is 5.97 Å². The zero-order chi connectivity index (χ0) is 11.5. The van der Waals surface area contributed by atoms with Crippen molar-refractivity contribution in [3.05, 3.63) is 0 Å². The minimum atomic E-state index is -0.132. The third kappa shape index (κ3) is 3.82. The van der Waals surface area contributed by atoms with Gasteiger partial charge in [0.1, 0.15) is 0 Å². The number of nitrogens with one attached hydrogen (secondary N) is 1. The van der Waals surface area contributed by atoms with Crippen LogP contribution in [0, 0.1) is 11.3 Å². The Morgan fingerprint density at radius 2 is 2.13 bits per heavy atom. The maximum Gasteiger partial charge on any atom is 0.306 e. The van der Waals surface area contributed by atoms with Crippen molar-refractivity contribution in [2.45, 2.75) is 46.1 Å². The molecule has 0 bridgehead atoms. The average molecular weight is 213 g/mol. The van der Waals surface area contributed by atoms with E-state index in [1.165, 1.54) is 20.0 Å². The Hall–Kier alpha value is -0.570. The summed E-state index contributed by atoms with van der Waals surface area (Å²) in [6.07, 6.45) is 2.94. The van der Waals surface area contributed by atoms with Gasteiger partial charge in [0.05, 0.1) is 13.5 Å². The van der Waals surface area contributed by atoms with Gasteiger partial charge in [0, 0.05) is 12.6 Å². The lowest BCUT2D eigenvalue weighted by molar-refractivity contribution is -0.140. The second kappa shape index (κ2) is 4.97. The Morgan fingerprint density at radius 3 is 2.60 bits per heavy atom. The number of esters is 1. The van der Waals surface area contributed by atoms with Crippen molar-refractivity contribution in [3.8, 4) is 0 Å². The monoisotopic (exact) mass is 213 g/mol. The number of hydrogen-bond donors (Lipinski definition) is 1. The molecule has 3 heteroatoms. The summed E-state index contributed by atoms with van der Waals surface area (Å²) in [5, 5.41) is 3.45. The number of methoxy groups -OCH3 is 1. The number of ether oxygens (including phenoxy) is 1. The third-order valence-corrected chi connectivity index (χ3v) is 3.30. The minimum Gasteiger partial charge on any atom is -0.469 e. The summed E-state index contributed by atoms with van der Waals surface area (Å²) in [5.41, 5.74) is 0.447.